The van der Waals surface area contributed by atoms with Crippen LogP contribution in [-0.4, -0.2) is 11.5 Å². The molecule has 1 saturated carbocycles. The number of nitriles is 1. The predicted octanol–water partition coefficient (Wildman–Crippen LogP) is 3.50. The molecule has 0 saturated heterocycles. The quantitative estimate of drug-likeness (QED) is 0.884. The first kappa shape index (κ1) is 12.9. The maximum absolute atomic E-state index is 9.15. The zero-order chi connectivity index (χ0) is 13.0. The Labute approximate surface area is 109 Å². The molecule has 0 radical (unpaired) electrons. The van der Waals surface area contributed by atoms with Crippen LogP contribution in [0.3, 0.4) is 0 Å². The molecule has 0 aliphatic heterocycles. The van der Waals surface area contributed by atoms with E-state index in [4.69, 9.17) is 5.26 Å². The zero-order valence-electron chi connectivity index (χ0n) is 11.2. The minimum atomic E-state index is 0.682. The van der Waals surface area contributed by atoms with Gasteiger partial charge in [-0.15, -0.1) is 0 Å². The van der Waals surface area contributed by atoms with Crippen molar-refractivity contribution < 1.29 is 0 Å². The summed E-state index contributed by atoms with van der Waals surface area (Å²) in [5, 5.41) is 12.5. The highest BCUT2D eigenvalue weighted by Crippen LogP contribution is 2.28. The van der Waals surface area contributed by atoms with E-state index in [2.05, 4.69) is 23.3 Å². The van der Waals surface area contributed by atoms with Crippen LogP contribution in [0.2, 0.25) is 0 Å². The maximum Gasteiger partial charge on any atom is 0.144 e. The summed E-state index contributed by atoms with van der Waals surface area (Å²) >= 11 is 0. The zero-order valence-corrected chi connectivity index (χ0v) is 11.2. The number of aromatic nitrogens is 1. The molecule has 2 rings (SSSR count). The number of aryl methyl sites for hydroxylation is 1. The first-order chi connectivity index (χ1) is 8.70. The smallest absolute Gasteiger partial charge is 0.144 e. The molecule has 1 N–H and O–H groups in total. The molecule has 0 aromatic carbocycles. The molecule has 1 aromatic heterocycles. The first-order valence-corrected chi connectivity index (χ1v) is 6.80. The van der Waals surface area contributed by atoms with Gasteiger partial charge < -0.3 is 5.32 Å². The molecule has 1 aliphatic rings. The van der Waals surface area contributed by atoms with Crippen molar-refractivity contribution in [1.82, 2.24) is 4.98 Å². The van der Waals surface area contributed by atoms with Crippen molar-refractivity contribution in [3.05, 3.63) is 23.4 Å². The van der Waals surface area contributed by atoms with E-state index in [1.807, 2.05) is 13.0 Å². The largest absolute Gasteiger partial charge is 0.369 e. The van der Waals surface area contributed by atoms with Crippen LogP contribution < -0.4 is 5.32 Å². The number of nitrogens with zero attached hydrogens (tertiary/aromatic N) is 2. The summed E-state index contributed by atoms with van der Waals surface area (Å²) in [5.41, 5.74) is 1.67. The molecule has 0 spiro atoms. The average Bonchev–Trinajstić information content (AvgIpc) is 2.36. The lowest BCUT2D eigenvalue weighted by molar-refractivity contribution is 0.293. The molecule has 18 heavy (non-hydrogen) atoms. The third kappa shape index (κ3) is 3.01. The predicted molar refractivity (Wildman–Crippen MR) is 73.3 cm³/mol. The van der Waals surface area contributed by atoms with Crippen molar-refractivity contribution in [3.63, 3.8) is 0 Å². The van der Waals surface area contributed by atoms with E-state index in [0.29, 0.717) is 5.56 Å². The SMILES string of the molecule is Cc1ccnc(NCC2CCCC(C)C2)c1C#N. The van der Waals surface area contributed by atoms with Gasteiger partial charge in [0.05, 0.1) is 5.56 Å². The number of nitrogens with one attached hydrogen (secondary N) is 1. The van der Waals surface area contributed by atoms with Crippen LogP contribution in [0.25, 0.3) is 0 Å². The molecule has 96 valence electrons. The van der Waals surface area contributed by atoms with Crippen LogP contribution in [-0.2, 0) is 0 Å². The fourth-order valence-electron chi connectivity index (χ4n) is 2.82. The maximum atomic E-state index is 9.15. The van der Waals surface area contributed by atoms with Gasteiger partial charge in [0.15, 0.2) is 0 Å². The van der Waals surface area contributed by atoms with Gasteiger partial charge in [0.1, 0.15) is 11.9 Å². The Morgan fingerprint density at radius 2 is 2.33 bits per heavy atom. The Hall–Kier alpha value is -1.56. The lowest BCUT2D eigenvalue weighted by atomic mass is 9.82. The van der Waals surface area contributed by atoms with Gasteiger partial charge in [-0.1, -0.05) is 19.8 Å². The second-order valence-electron chi connectivity index (χ2n) is 5.48. The number of rotatable bonds is 3. The highest BCUT2D eigenvalue weighted by Gasteiger charge is 2.19. The molecular weight excluding hydrogens is 222 g/mol. The molecular formula is C15H21N3. The summed E-state index contributed by atoms with van der Waals surface area (Å²) < 4.78 is 0. The van der Waals surface area contributed by atoms with E-state index in [9.17, 15) is 0 Å². The van der Waals surface area contributed by atoms with Gasteiger partial charge in [0, 0.05) is 12.7 Å². The molecule has 1 aliphatic carbocycles. The fraction of sp³-hybridized carbons (Fsp3) is 0.600. The van der Waals surface area contributed by atoms with Crippen molar-refractivity contribution in [2.45, 2.75) is 39.5 Å². The van der Waals surface area contributed by atoms with Crippen molar-refractivity contribution in [2.75, 3.05) is 11.9 Å². The normalized spacial score (nSPS) is 23.4. The second-order valence-corrected chi connectivity index (χ2v) is 5.48. The van der Waals surface area contributed by atoms with E-state index in [1.165, 1.54) is 25.7 Å². The molecule has 2 atom stereocenters. The van der Waals surface area contributed by atoms with Gasteiger partial charge in [0.25, 0.3) is 0 Å². The summed E-state index contributed by atoms with van der Waals surface area (Å²) in [7, 11) is 0. The lowest BCUT2D eigenvalue weighted by Gasteiger charge is -2.27. The summed E-state index contributed by atoms with van der Waals surface area (Å²) in [6, 6.07) is 4.12. The van der Waals surface area contributed by atoms with Gasteiger partial charge in [-0.05, 0) is 43.2 Å². The average molecular weight is 243 g/mol. The first-order valence-electron chi connectivity index (χ1n) is 6.80. The number of hydrogen-bond donors (Lipinski definition) is 1. The Morgan fingerprint density at radius 1 is 1.50 bits per heavy atom. The van der Waals surface area contributed by atoms with E-state index < -0.39 is 0 Å². The van der Waals surface area contributed by atoms with E-state index in [0.717, 1.165) is 29.8 Å². The third-order valence-electron chi connectivity index (χ3n) is 3.87. The topological polar surface area (TPSA) is 48.7 Å². The van der Waals surface area contributed by atoms with Crippen LogP contribution >= 0.6 is 0 Å². The minimum absolute atomic E-state index is 0.682. The monoisotopic (exact) mass is 243 g/mol. The summed E-state index contributed by atoms with van der Waals surface area (Å²) in [6.07, 6.45) is 7.05. The van der Waals surface area contributed by atoms with E-state index in [-0.39, 0.29) is 0 Å². The van der Waals surface area contributed by atoms with Crippen LogP contribution in [0.1, 0.15) is 43.7 Å². The van der Waals surface area contributed by atoms with Gasteiger partial charge in [-0.2, -0.15) is 5.26 Å². The number of pyridine rings is 1. The third-order valence-corrected chi connectivity index (χ3v) is 3.87. The van der Waals surface area contributed by atoms with Gasteiger partial charge in [-0.25, -0.2) is 4.98 Å². The Kier molecular flexibility index (Phi) is 4.19. The molecule has 1 fully saturated rings. The summed E-state index contributed by atoms with van der Waals surface area (Å²) in [6.45, 7) is 5.22. The standard InChI is InChI=1S/C15H21N3/c1-11-4-3-5-13(8-11)10-18-15-14(9-16)12(2)6-7-17-15/h6-7,11,13H,3-5,8,10H2,1-2H3,(H,17,18). The molecule has 0 amide bonds. The van der Waals surface area contributed by atoms with Crippen LogP contribution in [0, 0.1) is 30.1 Å². The van der Waals surface area contributed by atoms with E-state index >= 15 is 0 Å². The number of anilines is 1. The van der Waals surface area contributed by atoms with Crippen LogP contribution in [0.5, 0.6) is 0 Å². The second kappa shape index (κ2) is 5.86. The highest BCUT2D eigenvalue weighted by molar-refractivity contribution is 5.55. The molecule has 3 nitrogen and oxygen atoms in total. The minimum Gasteiger partial charge on any atom is -0.369 e. The van der Waals surface area contributed by atoms with Crippen LogP contribution in [0.4, 0.5) is 5.82 Å². The van der Waals surface area contributed by atoms with Crippen molar-refractivity contribution in [2.24, 2.45) is 11.8 Å². The Bertz CT molecular complexity index is 448. The summed E-state index contributed by atoms with van der Waals surface area (Å²) in [4.78, 5) is 4.28. The molecule has 1 aromatic rings. The highest BCUT2D eigenvalue weighted by atomic mass is 15.0. The Morgan fingerprint density at radius 3 is 3.06 bits per heavy atom. The molecule has 1 heterocycles. The van der Waals surface area contributed by atoms with Crippen LogP contribution in [0.15, 0.2) is 12.3 Å². The fourth-order valence-corrected chi connectivity index (χ4v) is 2.82. The summed E-state index contributed by atoms with van der Waals surface area (Å²) in [5.74, 6) is 2.31. The number of hydrogen-bond acceptors (Lipinski definition) is 3. The van der Waals surface area contributed by atoms with Crippen molar-refractivity contribution in [3.8, 4) is 6.07 Å². The van der Waals surface area contributed by atoms with Gasteiger partial charge in [0.2, 0.25) is 0 Å². The lowest BCUT2D eigenvalue weighted by Crippen LogP contribution is -2.21. The molecule has 3 heteroatoms. The van der Waals surface area contributed by atoms with Gasteiger partial charge in [-0.3, -0.25) is 0 Å². The molecule has 0 bridgehead atoms. The molecule has 2 unspecified atom stereocenters. The van der Waals surface area contributed by atoms with E-state index in [1.54, 1.807) is 6.20 Å². The van der Waals surface area contributed by atoms with Gasteiger partial charge >= 0.3 is 0 Å². The van der Waals surface area contributed by atoms with Crippen molar-refractivity contribution in [1.29, 1.82) is 5.26 Å². The Balaban J connectivity index is 1.98. The van der Waals surface area contributed by atoms with Crippen molar-refractivity contribution >= 4 is 5.82 Å².